The van der Waals surface area contributed by atoms with E-state index in [-0.39, 0.29) is 6.03 Å². The summed E-state index contributed by atoms with van der Waals surface area (Å²) in [6.07, 6.45) is 2.35. The number of hydrogen-bond donors (Lipinski definition) is 1. The van der Waals surface area contributed by atoms with Crippen LogP contribution >= 0.6 is 0 Å². The van der Waals surface area contributed by atoms with Crippen molar-refractivity contribution in [3.63, 3.8) is 0 Å². The minimum absolute atomic E-state index is 0.138. The van der Waals surface area contributed by atoms with Crippen molar-refractivity contribution in [2.24, 2.45) is 11.7 Å². The van der Waals surface area contributed by atoms with Gasteiger partial charge in [0.2, 0.25) is 0 Å². The molecule has 2 N–H and O–H groups in total. The van der Waals surface area contributed by atoms with Crippen LogP contribution in [0.5, 0.6) is 0 Å². The lowest BCUT2D eigenvalue weighted by Gasteiger charge is -2.34. The number of benzene rings is 1. The lowest BCUT2D eigenvalue weighted by atomic mass is 10.0. The molecule has 20 heavy (non-hydrogen) atoms. The van der Waals surface area contributed by atoms with Crippen molar-refractivity contribution >= 4 is 6.03 Å². The Morgan fingerprint density at radius 1 is 1.35 bits per heavy atom. The predicted octanol–water partition coefficient (Wildman–Crippen LogP) is 2.43. The fourth-order valence-corrected chi connectivity index (χ4v) is 2.73. The number of carbonyl (C=O) groups excluding carboxylic acids is 1. The Bertz CT molecular complexity index is 444. The molecular weight excluding hydrogens is 250 g/mol. The number of amides is 2. The van der Waals surface area contributed by atoms with E-state index < -0.39 is 0 Å². The number of likely N-dealkylation sites (tertiary alicyclic amines) is 1. The van der Waals surface area contributed by atoms with Gasteiger partial charge >= 0.3 is 6.03 Å². The highest BCUT2D eigenvalue weighted by molar-refractivity contribution is 5.74. The molecule has 1 aliphatic heterocycles. The van der Waals surface area contributed by atoms with Crippen molar-refractivity contribution in [1.29, 1.82) is 0 Å². The van der Waals surface area contributed by atoms with Gasteiger partial charge in [0.15, 0.2) is 0 Å². The van der Waals surface area contributed by atoms with Gasteiger partial charge in [-0.1, -0.05) is 31.2 Å². The second kappa shape index (κ2) is 6.75. The molecule has 4 nitrogen and oxygen atoms in total. The Hall–Kier alpha value is -1.55. The number of nitrogens with two attached hydrogens (primary N) is 1. The largest absolute Gasteiger partial charge is 0.326 e. The summed E-state index contributed by atoms with van der Waals surface area (Å²) in [6, 6.07) is 8.28. The van der Waals surface area contributed by atoms with Crippen LogP contribution in [0.4, 0.5) is 4.79 Å². The number of piperidine rings is 1. The SMILES string of the molecule is CC1CCCN(C(=O)N(C)Cc2ccc(CN)cc2)C1. The van der Waals surface area contributed by atoms with Crippen LogP contribution in [0.2, 0.25) is 0 Å². The van der Waals surface area contributed by atoms with E-state index in [4.69, 9.17) is 5.73 Å². The summed E-state index contributed by atoms with van der Waals surface area (Å²) >= 11 is 0. The summed E-state index contributed by atoms with van der Waals surface area (Å²) in [5.74, 6) is 0.616. The topological polar surface area (TPSA) is 49.6 Å². The molecule has 1 aromatic rings. The molecule has 0 aliphatic carbocycles. The Labute approximate surface area is 121 Å². The standard InChI is InChI=1S/C16H25N3O/c1-13-4-3-9-19(11-13)16(20)18(2)12-15-7-5-14(10-17)6-8-15/h5-8,13H,3-4,9-12,17H2,1-2H3. The van der Waals surface area contributed by atoms with E-state index in [1.807, 2.05) is 36.2 Å². The molecule has 1 unspecified atom stereocenters. The van der Waals surface area contributed by atoms with Crippen molar-refractivity contribution in [2.75, 3.05) is 20.1 Å². The molecule has 0 spiro atoms. The zero-order valence-electron chi connectivity index (χ0n) is 12.5. The van der Waals surface area contributed by atoms with Gasteiger partial charge < -0.3 is 15.5 Å². The molecule has 4 heteroatoms. The first kappa shape index (κ1) is 14.9. The monoisotopic (exact) mass is 275 g/mol. The summed E-state index contributed by atoms with van der Waals surface area (Å²) in [5.41, 5.74) is 7.85. The molecule has 0 radical (unpaired) electrons. The molecular formula is C16H25N3O. The summed E-state index contributed by atoms with van der Waals surface area (Å²) in [6.45, 7) is 5.19. The molecule has 110 valence electrons. The third kappa shape index (κ3) is 3.73. The van der Waals surface area contributed by atoms with Gasteiger partial charge in [0.25, 0.3) is 0 Å². The molecule has 1 saturated heterocycles. The Balaban J connectivity index is 1.92. The molecule has 0 saturated carbocycles. The summed E-state index contributed by atoms with van der Waals surface area (Å²) < 4.78 is 0. The molecule has 2 rings (SSSR count). The first-order chi connectivity index (χ1) is 9.60. The van der Waals surface area contributed by atoms with E-state index >= 15 is 0 Å². The van der Waals surface area contributed by atoms with Crippen LogP contribution in [0.3, 0.4) is 0 Å². The van der Waals surface area contributed by atoms with Crippen LogP contribution in [-0.4, -0.2) is 36.0 Å². The van der Waals surface area contributed by atoms with Crippen molar-refractivity contribution in [3.05, 3.63) is 35.4 Å². The van der Waals surface area contributed by atoms with Crippen LogP contribution < -0.4 is 5.73 Å². The molecule has 0 aromatic heterocycles. The van der Waals surface area contributed by atoms with Crippen LogP contribution in [0, 0.1) is 5.92 Å². The van der Waals surface area contributed by atoms with Gasteiger partial charge in [-0.25, -0.2) is 4.79 Å². The Morgan fingerprint density at radius 2 is 2.00 bits per heavy atom. The highest BCUT2D eigenvalue weighted by atomic mass is 16.2. The van der Waals surface area contributed by atoms with Gasteiger partial charge in [-0.15, -0.1) is 0 Å². The van der Waals surface area contributed by atoms with Crippen LogP contribution in [0.1, 0.15) is 30.9 Å². The summed E-state index contributed by atoms with van der Waals surface area (Å²) in [7, 11) is 1.87. The Morgan fingerprint density at radius 3 is 2.60 bits per heavy atom. The highest BCUT2D eigenvalue weighted by Gasteiger charge is 2.23. The fraction of sp³-hybridized carbons (Fsp3) is 0.562. The second-order valence-corrected chi connectivity index (χ2v) is 5.85. The number of hydrogen-bond acceptors (Lipinski definition) is 2. The minimum Gasteiger partial charge on any atom is -0.326 e. The highest BCUT2D eigenvalue weighted by Crippen LogP contribution is 2.17. The normalized spacial score (nSPS) is 18.9. The van der Waals surface area contributed by atoms with Gasteiger partial charge in [-0.2, -0.15) is 0 Å². The fourth-order valence-electron chi connectivity index (χ4n) is 2.73. The van der Waals surface area contributed by atoms with E-state index in [2.05, 4.69) is 6.92 Å². The zero-order chi connectivity index (χ0) is 14.5. The number of nitrogens with zero attached hydrogens (tertiary/aromatic N) is 2. The number of rotatable bonds is 3. The van der Waals surface area contributed by atoms with Crippen LogP contribution in [-0.2, 0) is 13.1 Å². The van der Waals surface area contributed by atoms with E-state index in [0.717, 1.165) is 30.6 Å². The first-order valence-electron chi connectivity index (χ1n) is 7.38. The van der Waals surface area contributed by atoms with Crippen LogP contribution in [0.25, 0.3) is 0 Å². The zero-order valence-corrected chi connectivity index (χ0v) is 12.5. The van der Waals surface area contributed by atoms with Crippen molar-refractivity contribution in [2.45, 2.75) is 32.9 Å². The van der Waals surface area contributed by atoms with Gasteiger partial charge in [0.1, 0.15) is 0 Å². The molecule has 0 bridgehead atoms. The maximum absolute atomic E-state index is 12.4. The average Bonchev–Trinajstić information content (AvgIpc) is 2.47. The lowest BCUT2D eigenvalue weighted by molar-refractivity contribution is 0.137. The molecule has 1 aromatic carbocycles. The Kier molecular flexibility index (Phi) is 5.01. The maximum atomic E-state index is 12.4. The molecule has 1 aliphatic rings. The quantitative estimate of drug-likeness (QED) is 0.921. The molecule has 1 fully saturated rings. The van der Waals surface area contributed by atoms with Gasteiger partial charge in [0.05, 0.1) is 0 Å². The lowest BCUT2D eigenvalue weighted by Crippen LogP contribution is -2.45. The maximum Gasteiger partial charge on any atom is 0.320 e. The summed E-state index contributed by atoms with van der Waals surface area (Å²) in [5, 5.41) is 0. The molecule has 1 heterocycles. The molecule has 1 atom stereocenters. The second-order valence-electron chi connectivity index (χ2n) is 5.85. The smallest absolute Gasteiger partial charge is 0.320 e. The van der Waals surface area contributed by atoms with Crippen molar-refractivity contribution in [1.82, 2.24) is 9.80 Å². The van der Waals surface area contributed by atoms with Gasteiger partial charge in [0, 0.05) is 33.2 Å². The minimum atomic E-state index is 0.138. The van der Waals surface area contributed by atoms with E-state index in [9.17, 15) is 4.79 Å². The summed E-state index contributed by atoms with van der Waals surface area (Å²) in [4.78, 5) is 16.2. The predicted molar refractivity (Wildman–Crippen MR) is 81.2 cm³/mol. The third-order valence-corrected chi connectivity index (χ3v) is 3.93. The van der Waals surface area contributed by atoms with E-state index in [0.29, 0.717) is 19.0 Å². The van der Waals surface area contributed by atoms with Gasteiger partial charge in [-0.3, -0.25) is 0 Å². The van der Waals surface area contributed by atoms with E-state index in [1.54, 1.807) is 4.90 Å². The molecule has 2 amide bonds. The van der Waals surface area contributed by atoms with Crippen LogP contribution in [0.15, 0.2) is 24.3 Å². The number of carbonyl (C=O) groups is 1. The number of urea groups is 1. The first-order valence-corrected chi connectivity index (χ1v) is 7.38. The van der Waals surface area contributed by atoms with Crippen molar-refractivity contribution in [3.8, 4) is 0 Å². The van der Waals surface area contributed by atoms with Crippen molar-refractivity contribution < 1.29 is 4.79 Å². The van der Waals surface area contributed by atoms with E-state index in [1.165, 1.54) is 6.42 Å². The average molecular weight is 275 g/mol. The van der Waals surface area contributed by atoms with Gasteiger partial charge in [-0.05, 0) is 29.9 Å². The third-order valence-electron chi connectivity index (χ3n) is 3.93.